The molecule has 1 aliphatic heterocycles. The third-order valence-corrected chi connectivity index (χ3v) is 2.97. The van der Waals surface area contributed by atoms with E-state index >= 15 is 0 Å². The van der Waals surface area contributed by atoms with Gasteiger partial charge in [0.2, 0.25) is 0 Å². The number of fused-ring (bicyclic) bond motifs is 2. The SMILES string of the molecule is CCCNc1nccc2cc3c(cc12)OCCO3. The quantitative estimate of drug-likeness (QED) is 0.901. The number of anilines is 1. The summed E-state index contributed by atoms with van der Waals surface area (Å²) in [6.45, 7) is 4.28. The monoisotopic (exact) mass is 244 g/mol. The van der Waals surface area contributed by atoms with Gasteiger partial charge in [-0.25, -0.2) is 4.98 Å². The Hall–Kier alpha value is -1.97. The normalized spacial score (nSPS) is 13.6. The number of benzene rings is 1. The van der Waals surface area contributed by atoms with Crippen LogP contribution in [0.5, 0.6) is 11.5 Å². The molecule has 0 saturated heterocycles. The standard InChI is InChI=1S/C14H16N2O2/c1-2-4-15-14-11-9-13-12(17-6-7-18-13)8-10(11)3-5-16-14/h3,5,8-9H,2,4,6-7H2,1H3,(H,15,16). The van der Waals surface area contributed by atoms with Gasteiger partial charge in [-0.1, -0.05) is 6.92 Å². The maximum Gasteiger partial charge on any atom is 0.162 e. The summed E-state index contributed by atoms with van der Waals surface area (Å²) in [7, 11) is 0. The second kappa shape index (κ2) is 4.72. The lowest BCUT2D eigenvalue weighted by atomic mass is 10.1. The molecular weight excluding hydrogens is 228 g/mol. The highest BCUT2D eigenvalue weighted by Crippen LogP contribution is 2.36. The van der Waals surface area contributed by atoms with Crippen molar-refractivity contribution in [2.24, 2.45) is 0 Å². The number of pyridine rings is 1. The number of hydrogen-bond acceptors (Lipinski definition) is 4. The van der Waals surface area contributed by atoms with Gasteiger partial charge in [0.05, 0.1) is 0 Å². The van der Waals surface area contributed by atoms with Crippen LogP contribution in [-0.4, -0.2) is 24.7 Å². The van der Waals surface area contributed by atoms with Crippen molar-refractivity contribution < 1.29 is 9.47 Å². The number of nitrogens with zero attached hydrogens (tertiary/aromatic N) is 1. The second-order valence-electron chi connectivity index (χ2n) is 4.30. The van der Waals surface area contributed by atoms with Crippen LogP contribution in [0.25, 0.3) is 10.8 Å². The van der Waals surface area contributed by atoms with Crippen LogP contribution >= 0.6 is 0 Å². The molecule has 1 aromatic carbocycles. The summed E-state index contributed by atoms with van der Waals surface area (Å²) in [4.78, 5) is 4.39. The van der Waals surface area contributed by atoms with Crippen molar-refractivity contribution in [2.45, 2.75) is 13.3 Å². The Morgan fingerprint density at radius 3 is 2.78 bits per heavy atom. The Balaban J connectivity index is 2.09. The fourth-order valence-electron chi connectivity index (χ4n) is 2.09. The number of hydrogen-bond donors (Lipinski definition) is 1. The van der Waals surface area contributed by atoms with Crippen LogP contribution in [0.15, 0.2) is 24.4 Å². The molecule has 2 aromatic rings. The molecule has 0 saturated carbocycles. The third-order valence-electron chi connectivity index (χ3n) is 2.97. The molecule has 0 fully saturated rings. The van der Waals surface area contributed by atoms with E-state index in [-0.39, 0.29) is 0 Å². The lowest BCUT2D eigenvalue weighted by molar-refractivity contribution is 0.172. The smallest absolute Gasteiger partial charge is 0.162 e. The number of nitrogens with one attached hydrogen (secondary N) is 1. The molecule has 0 aliphatic carbocycles. The Morgan fingerprint density at radius 2 is 2.00 bits per heavy atom. The van der Waals surface area contributed by atoms with Crippen LogP contribution in [0.1, 0.15) is 13.3 Å². The first-order valence-corrected chi connectivity index (χ1v) is 6.30. The third kappa shape index (κ3) is 1.94. The number of aromatic nitrogens is 1. The molecule has 0 unspecified atom stereocenters. The Morgan fingerprint density at radius 1 is 1.22 bits per heavy atom. The minimum absolute atomic E-state index is 0.608. The Bertz CT molecular complexity index is 569. The predicted molar refractivity (Wildman–Crippen MR) is 71.5 cm³/mol. The first kappa shape index (κ1) is 11.1. The van der Waals surface area contributed by atoms with Gasteiger partial charge in [0, 0.05) is 18.1 Å². The van der Waals surface area contributed by atoms with Crippen LogP contribution in [0.2, 0.25) is 0 Å². The van der Waals surface area contributed by atoms with E-state index in [2.05, 4.69) is 17.2 Å². The van der Waals surface area contributed by atoms with Crippen LogP contribution in [0.4, 0.5) is 5.82 Å². The van der Waals surface area contributed by atoms with Crippen LogP contribution < -0.4 is 14.8 Å². The summed E-state index contributed by atoms with van der Waals surface area (Å²) in [6.07, 6.45) is 2.89. The molecule has 0 atom stereocenters. The first-order chi connectivity index (χ1) is 8.88. The van der Waals surface area contributed by atoms with Gasteiger partial charge in [0.15, 0.2) is 11.5 Å². The van der Waals surface area contributed by atoms with Gasteiger partial charge in [0.1, 0.15) is 19.0 Å². The van der Waals surface area contributed by atoms with Gasteiger partial charge < -0.3 is 14.8 Å². The van der Waals surface area contributed by atoms with Crippen molar-refractivity contribution in [3.63, 3.8) is 0 Å². The van der Waals surface area contributed by atoms with E-state index in [0.717, 1.165) is 41.1 Å². The summed E-state index contributed by atoms with van der Waals surface area (Å²) in [5.41, 5.74) is 0. The highest BCUT2D eigenvalue weighted by atomic mass is 16.6. The minimum atomic E-state index is 0.608. The molecule has 18 heavy (non-hydrogen) atoms. The molecule has 1 aliphatic rings. The lowest BCUT2D eigenvalue weighted by Crippen LogP contribution is -2.15. The summed E-state index contributed by atoms with van der Waals surface area (Å²) in [6, 6.07) is 6.02. The maximum absolute atomic E-state index is 5.61. The van der Waals surface area contributed by atoms with Crippen LogP contribution in [0, 0.1) is 0 Å². The van der Waals surface area contributed by atoms with Crippen molar-refractivity contribution in [2.75, 3.05) is 25.1 Å². The Labute approximate surface area is 106 Å². The molecule has 1 aromatic heterocycles. The van der Waals surface area contributed by atoms with E-state index < -0.39 is 0 Å². The fourth-order valence-corrected chi connectivity index (χ4v) is 2.09. The van der Waals surface area contributed by atoms with E-state index in [4.69, 9.17) is 9.47 Å². The fraction of sp³-hybridized carbons (Fsp3) is 0.357. The average molecular weight is 244 g/mol. The van der Waals surface area contributed by atoms with E-state index in [9.17, 15) is 0 Å². The molecule has 3 rings (SSSR count). The largest absolute Gasteiger partial charge is 0.486 e. The molecule has 94 valence electrons. The summed E-state index contributed by atoms with van der Waals surface area (Å²) >= 11 is 0. The zero-order valence-corrected chi connectivity index (χ0v) is 10.4. The Kier molecular flexibility index (Phi) is 2.92. The molecular formula is C14H16N2O2. The van der Waals surface area contributed by atoms with Gasteiger partial charge in [-0.05, 0) is 30.0 Å². The van der Waals surface area contributed by atoms with Crippen molar-refractivity contribution in [1.29, 1.82) is 0 Å². The van der Waals surface area contributed by atoms with Gasteiger partial charge in [-0.2, -0.15) is 0 Å². The zero-order valence-electron chi connectivity index (χ0n) is 10.4. The summed E-state index contributed by atoms with van der Waals surface area (Å²) in [5, 5.41) is 5.53. The second-order valence-corrected chi connectivity index (χ2v) is 4.30. The molecule has 0 radical (unpaired) electrons. The summed E-state index contributed by atoms with van der Waals surface area (Å²) < 4.78 is 11.2. The summed E-state index contributed by atoms with van der Waals surface area (Å²) in [5.74, 6) is 2.54. The van der Waals surface area contributed by atoms with Crippen LogP contribution in [-0.2, 0) is 0 Å². The molecule has 0 amide bonds. The van der Waals surface area contributed by atoms with Gasteiger partial charge in [-0.15, -0.1) is 0 Å². The molecule has 0 bridgehead atoms. The van der Waals surface area contributed by atoms with Crippen LogP contribution in [0.3, 0.4) is 0 Å². The van der Waals surface area contributed by atoms with Crippen molar-refractivity contribution in [1.82, 2.24) is 4.98 Å². The highest BCUT2D eigenvalue weighted by Gasteiger charge is 2.14. The number of ether oxygens (including phenoxy) is 2. The van der Waals surface area contributed by atoms with E-state index in [0.29, 0.717) is 13.2 Å². The molecule has 0 spiro atoms. The van der Waals surface area contributed by atoms with Gasteiger partial charge in [-0.3, -0.25) is 0 Å². The van der Waals surface area contributed by atoms with Gasteiger partial charge >= 0.3 is 0 Å². The van der Waals surface area contributed by atoms with Crippen molar-refractivity contribution in [3.8, 4) is 11.5 Å². The van der Waals surface area contributed by atoms with Crippen molar-refractivity contribution in [3.05, 3.63) is 24.4 Å². The first-order valence-electron chi connectivity index (χ1n) is 6.30. The average Bonchev–Trinajstić information content (AvgIpc) is 2.43. The van der Waals surface area contributed by atoms with E-state index in [1.165, 1.54) is 0 Å². The lowest BCUT2D eigenvalue weighted by Gasteiger charge is -2.19. The van der Waals surface area contributed by atoms with E-state index in [1.54, 1.807) is 0 Å². The molecule has 4 nitrogen and oxygen atoms in total. The maximum atomic E-state index is 5.61. The van der Waals surface area contributed by atoms with Crippen molar-refractivity contribution >= 4 is 16.6 Å². The predicted octanol–water partition coefficient (Wildman–Crippen LogP) is 2.83. The van der Waals surface area contributed by atoms with E-state index in [1.807, 2.05) is 24.4 Å². The topological polar surface area (TPSA) is 43.4 Å². The number of rotatable bonds is 3. The minimum Gasteiger partial charge on any atom is -0.486 e. The zero-order chi connectivity index (χ0) is 12.4. The van der Waals surface area contributed by atoms with Gasteiger partial charge in [0.25, 0.3) is 0 Å². The molecule has 4 heteroatoms. The highest BCUT2D eigenvalue weighted by molar-refractivity contribution is 5.94. The molecule has 2 heterocycles. The molecule has 1 N–H and O–H groups in total.